The molecule has 0 spiro atoms. The average Bonchev–Trinajstić information content (AvgIpc) is 2.64. The molecule has 0 aliphatic heterocycles. The van der Waals surface area contributed by atoms with Gasteiger partial charge in [0.25, 0.3) is 0 Å². The standard InChI is InChI=1S/C12H10BrNOS/c1-8-6-9(2-4-14-8)11(15)7-12-10(13)3-5-16-12/h2-6H,7H2,1H3. The van der Waals surface area contributed by atoms with Crippen LogP contribution >= 0.6 is 27.3 Å². The van der Waals surface area contributed by atoms with E-state index < -0.39 is 0 Å². The third-order valence-electron chi connectivity index (χ3n) is 2.23. The summed E-state index contributed by atoms with van der Waals surface area (Å²) in [6.07, 6.45) is 2.12. The quantitative estimate of drug-likeness (QED) is 0.809. The van der Waals surface area contributed by atoms with E-state index in [4.69, 9.17) is 0 Å². The third kappa shape index (κ3) is 2.57. The lowest BCUT2D eigenvalue weighted by molar-refractivity contribution is 0.0993. The van der Waals surface area contributed by atoms with Crippen molar-refractivity contribution in [2.24, 2.45) is 0 Å². The van der Waals surface area contributed by atoms with Crippen LogP contribution in [0.15, 0.2) is 34.2 Å². The van der Waals surface area contributed by atoms with Crippen LogP contribution in [0.3, 0.4) is 0 Å². The molecule has 2 heterocycles. The van der Waals surface area contributed by atoms with Crippen LogP contribution in [0, 0.1) is 6.92 Å². The molecule has 0 bridgehead atoms. The van der Waals surface area contributed by atoms with Crippen LogP contribution in [0.2, 0.25) is 0 Å². The van der Waals surface area contributed by atoms with Crippen molar-refractivity contribution in [2.75, 3.05) is 0 Å². The van der Waals surface area contributed by atoms with Gasteiger partial charge in [0.05, 0.1) is 0 Å². The maximum atomic E-state index is 12.0. The van der Waals surface area contributed by atoms with Gasteiger partial charge in [-0.1, -0.05) is 0 Å². The number of carbonyl (C=O) groups excluding carboxylic acids is 1. The van der Waals surface area contributed by atoms with Gasteiger partial charge in [-0.15, -0.1) is 11.3 Å². The molecule has 0 fully saturated rings. The van der Waals surface area contributed by atoms with E-state index in [1.165, 1.54) is 0 Å². The molecule has 0 N–H and O–H groups in total. The van der Waals surface area contributed by atoms with E-state index in [0.29, 0.717) is 6.42 Å². The van der Waals surface area contributed by atoms with Crippen LogP contribution in [0.4, 0.5) is 0 Å². The van der Waals surface area contributed by atoms with E-state index in [1.54, 1.807) is 23.6 Å². The second-order valence-corrected chi connectivity index (χ2v) is 5.33. The Hall–Kier alpha value is -1.00. The zero-order valence-electron chi connectivity index (χ0n) is 8.74. The van der Waals surface area contributed by atoms with Gasteiger partial charge in [-0.3, -0.25) is 9.78 Å². The van der Waals surface area contributed by atoms with E-state index >= 15 is 0 Å². The van der Waals surface area contributed by atoms with Crippen molar-refractivity contribution in [3.8, 4) is 0 Å². The van der Waals surface area contributed by atoms with Gasteiger partial charge in [0.2, 0.25) is 0 Å². The predicted molar refractivity (Wildman–Crippen MR) is 69.0 cm³/mol. The highest BCUT2D eigenvalue weighted by molar-refractivity contribution is 9.10. The van der Waals surface area contributed by atoms with Crippen molar-refractivity contribution >= 4 is 33.0 Å². The summed E-state index contributed by atoms with van der Waals surface area (Å²) in [5.41, 5.74) is 1.60. The molecule has 0 unspecified atom stereocenters. The summed E-state index contributed by atoms with van der Waals surface area (Å²) in [5, 5.41) is 1.98. The Bertz CT molecular complexity index is 521. The molecule has 2 aromatic heterocycles. The molecule has 2 rings (SSSR count). The largest absolute Gasteiger partial charge is 0.294 e. The molecular weight excluding hydrogens is 286 g/mol. The number of rotatable bonds is 3. The van der Waals surface area contributed by atoms with Gasteiger partial charge < -0.3 is 0 Å². The van der Waals surface area contributed by atoms with E-state index in [-0.39, 0.29) is 5.78 Å². The molecule has 2 nitrogen and oxygen atoms in total. The first-order valence-electron chi connectivity index (χ1n) is 4.84. The predicted octanol–water partition coefficient (Wildman–Crippen LogP) is 3.64. The van der Waals surface area contributed by atoms with Crippen molar-refractivity contribution in [2.45, 2.75) is 13.3 Å². The van der Waals surface area contributed by atoms with Gasteiger partial charge >= 0.3 is 0 Å². The molecule has 4 heteroatoms. The molecule has 2 aromatic rings. The highest BCUT2D eigenvalue weighted by Crippen LogP contribution is 2.24. The maximum absolute atomic E-state index is 12.0. The third-order valence-corrected chi connectivity index (χ3v) is 4.16. The number of nitrogens with zero attached hydrogens (tertiary/aromatic N) is 1. The summed E-state index contributed by atoms with van der Waals surface area (Å²) < 4.78 is 1.01. The van der Waals surface area contributed by atoms with Gasteiger partial charge in [-0.2, -0.15) is 0 Å². The maximum Gasteiger partial charge on any atom is 0.168 e. The number of carbonyl (C=O) groups is 1. The fraction of sp³-hybridized carbons (Fsp3) is 0.167. The molecule has 0 amide bonds. The molecule has 82 valence electrons. The van der Waals surface area contributed by atoms with E-state index in [9.17, 15) is 4.79 Å². The Kier molecular flexibility index (Phi) is 3.51. The zero-order chi connectivity index (χ0) is 11.5. The van der Waals surface area contributed by atoms with Gasteiger partial charge in [-0.05, 0) is 46.4 Å². The molecule has 0 aromatic carbocycles. The Morgan fingerprint density at radius 3 is 2.94 bits per heavy atom. The van der Waals surface area contributed by atoms with Crippen molar-refractivity contribution < 1.29 is 4.79 Å². The summed E-state index contributed by atoms with van der Waals surface area (Å²) in [6.45, 7) is 1.89. The second-order valence-electron chi connectivity index (χ2n) is 3.48. The highest BCUT2D eigenvalue weighted by Gasteiger charge is 2.10. The molecule has 0 atom stereocenters. The number of halogens is 1. The summed E-state index contributed by atoms with van der Waals surface area (Å²) >= 11 is 5.02. The van der Waals surface area contributed by atoms with Gasteiger partial charge in [0, 0.05) is 33.2 Å². The minimum absolute atomic E-state index is 0.133. The lowest BCUT2D eigenvalue weighted by Gasteiger charge is -2.00. The normalized spacial score (nSPS) is 10.4. The van der Waals surface area contributed by atoms with Gasteiger partial charge in [0.15, 0.2) is 5.78 Å². The van der Waals surface area contributed by atoms with Crippen LogP contribution in [0.25, 0.3) is 0 Å². The minimum atomic E-state index is 0.133. The Labute approximate surface area is 106 Å². The first kappa shape index (κ1) is 11.5. The second kappa shape index (κ2) is 4.89. The molecule has 0 saturated carbocycles. The highest BCUT2D eigenvalue weighted by atomic mass is 79.9. The topological polar surface area (TPSA) is 30.0 Å². The molecule has 0 aliphatic rings. The number of Topliss-reactive ketones (excluding diaryl/α,β-unsaturated/α-hetero) is 1. The van der Waals surface area contributed by atoms with Crippen molar-refractivity contribution in [3.63, 3.8) is 0 Å². The molecule has 0 aliphatic carbocycles. The summed E-state index contributed by atoms with van der Waals surface area (Å²) in [5.74, 6) is 0.133. The number of thiophene rings is 1. The molecule has 0 radical (unpaired) electrons. The first-order chi connectivity index (χ1) is 7.66. The Morgan fingerprint density at radius 2 is 2.31 bits per heavy atom. The SMILES string of the molecule is Cc1cc(C(=O)Cc2sccc2Br)ccn1. The van der Waals surface area contributed by atoms with Crippen LogP contribution in [0.5, 0.6) is 0 Å². The van der Waals surface area contributed by atoms with Gasteiger partial charge in [-0.25, -0.2) is 0 Å². The van der Waals surface area contributed by atoms with Crippen LogP contribution < -0.4 is 0 Å². The summed E-state index contributed by atoms with van der Waals surface area (Å²) in [6, 6.07) is 5.55. The van der Waals surface area contributed by atoms with Crippen LogP contribution in [0.1, 0.15) is 20.9 Å². The number of hydrogen-bond acceptors (Lipinski definition) is 3. The number of aromatic nitrogens is 1. The molecule has 16 heavy (non-hydrogen) atoms. The van der Waals surface area contributed by atoms with E-state index in [2.05, 4.69) is 20.9 Å². The first-order valence-corrected chi connectivity index (χ1v) is 6.52. The average molecular weight is 296 g/mol. The lowest BCUT2D eigenvalue weighted by atomic mass is 10.1. The number of pyridine rings is 1. The van der Waals surface area contributed by atoms with E-state index in [0.717, 1.165) is 20.6 Å². The van der Waals surface area contributed by atoms with E-state index in [1.807, 2.05) is 24.4 Å². The summed E-state index contributed by atoms with van der Waals surface area (Å²) in [4.78, 5) is 17.1. The minimum Gasteiger partial charge on any atom is -0.294 e. The smallest absolute Gasteiger partial charge is 0.168 e. The molecule has 0 saturated heterocycles. The van der Waals surface area contributed by atoms with Crippen LogP contribution in [-0.4, -0.2) is 10.8 Å². The number of hydrogen-bond donors (Lipinski definition) is 0. The fourth-order valence-electron chi connectivity index (χ4n) is 1.42. The van der Waals surface area contributed by atoms with Crippen molar-refractivity contribution in [1.29, 1.82) is 0 Å². The van der Waals surface area contributed by atoms with Gasteiger partial charge in [0.1, 0.15) is 0 Å². The number of ketones is 1. The summed E-state index contributed by atoms with van der Waals surface area (Å²) in [7, 11) is 0. The van der Waals surface area contributed by atoms with Crippen molar-refractivity contribution in [3.05, 3.63) is 50.4 Å². The number of aryl methyl sites for hydroxylation is 1. The Balaban J connectivity index is 2.18. The van der Waals surface area contributed by atoms with Crippen LogP contribution in [-0.2, 0) is 6.42 Å². The molecular formula is C12H10BrNOS. The monoisotopic (exact) mass is 295 g/mol. The lowest BCUT2D eigenvalue weighted by Crippen LogP contribution is -2.03. The fourth-order valence-corrected chi connectivity index (χ4v) is 2.91. The van der Waals surface area contributed by atoms with Crippen molar-refractivity contribution in [1.82, 2.24) is 4.98 Å². The Morgan fingerprint density at radius 1 is 1.50 bits per heavy atom. The zero-order valence-corrected chi connectivity index (χ0v) is 11.1.